The number of para-hydroxylation sites is 1. The van der Waals surface area contributed by atoms with E-state index in [9.17, 15) is 10.0 Å². The van der Waals surface area contributed by atoms with Gasteiger partial charge in [-0.2, -0.15) is 5.10 Å². The number of amidine groups is 1. The third kappa shape index (κ3) is 6.62. The van der Waals surface area contributed by atoms with Crippen molar-refractivity contribution < 1.29 is 24.2 Å². The SMILES string of the molecule is CCOC(=O)Cc1cc(C)ccc1OCc1nn(C(C)C)c2ccc(-c3cccc(C(N)=NO)c3OC(C)C)cc12. The molecule has 0 radical (unpaired) electrons. The van der Waals surface area contributed by atoms with E-state index in [-0.39, 0.29) is 37.0 Å². The predicted molar refractivity (Wildman–Crippen MR) is 160 cm³/mol. The molecule has 1 aromatic heterocycles. The molecule has 216 valence electrons. The largest absolute Gasteiger partial charge is 0.490 e. The molecule has 0 amide bonds. The van der Waals surface area contributed by atoms with Gasteiger partial charge in [-0.3, -0.25) is 9.48 Å². The Kier molecular flexibility index (Phi) is 9.17. The molecule has 0 bridgehead atoms. The summed E-state index contributed by atoms with van der Waals surface area (Å²) >= 11 is 0. The van der Waals surface area contributed by atoms with Crippen molar-refractivity contribution in [2.45, 2.75) is 66.7 Å². The maximum Gasteiger partial charge on any atom is 0.310 e. The Labute approximate surface area is 240 Å². The zero-order valence-electron chi connectivity index (χ0n) is 24.5. The molecule has 0 aliphatic rings. The number of carbonyl (C=O) groups is 1. The van der Waals surface area contributed by atoms with Gasteiger partial charge in [0, 0.05) is 22.6 Å². The molecule has 0 saturated heterocycles. The molecular formula is C32H38N4O5. The first-order valence-corrected chi connectivity index (χ1v) is 13.8. The van der Waals surface area contributed by atoms with Gasteiger partial charge >= 0.3 is 5.97 Å². The standard InChI is InChI=1S/C32H38N4O5/c1-7-39-30(37)17-23-15-21(6)11-14-29(23)40-18-27-26-16-22(12-13-28(26)36(34-27)19(2)3)24-9-8-10-25(32(33)35-38)31(24)41-20(4)5/h8-16,19-20,38H,7,17-18H2,1-6H3,(H2,33,35). The van der Waals surface area contributed by atoms with Gasteiger partial charge in [-0.15, -0.1) is 0 Å². The number of oxime groups is 1. The van der Waals surface area contributed by atoms with Crippen LogP contribution in [-0.2, 0) is 22.6 Å². The molecule has 0 atom stereocenters. The Hall–Kier alpha value is -4.53. The number of hydrogen-bond acceptors (Lipinski definition) is 7. The third-order valence-electron chi connectivity index (χ3n) is 6.56. The summed E-state index contributed by atoms with van der Waals surface area (Å²) in [6.07, 6.45) is 0.00176. The van der Waals surface area contributed by atoms with Gasteiger partial charge < -0.3 is 25.2 Å². The summed E-state index contributed by atoms with van der Waals surface area (Å²) < 4.78 is 19.6. The van der Waals surface area contributed by atoms with Crippen molar-refractivity contribution in [1.29, 1.82) is 0 Å². The van der Waals surface area contributed by atoms with Crippen molar-refractivity contribution in [3.8, 4) is 22.6 Å². The maximum atomic E-state index is 12.2. The van der Waals surface area contributed by atoms with E-state index in [2.05, 4.69) is 25.1 Å². The first-order valence-electron chi connectivity index (χ1n) is 13.8. The molecular weight excluding hydrogens is 520 g/mol. The van der Waals surface area contributed by atoms with E-state index in [1.54, 1.807) is 13.0 Å². The van der Waals surface area contributed by atoms with Crippen LogP contribution in [0.3, 0.4) is 0 Å². The quantitative estimate of drug-likeness (QED) is 0.0743. The summed E-state index contributed by atoms with van der Waals surface area (Å²) in [5.41, 5.74) is 11.7. The van der Waals surface area contributed by atoms with Crippen LogP contribution in [-0.4, -0.2) is 39.5 Å². The minimum atomic E-state index is -0.296. The monoisotopic (exact) mass is 558 g/mol. The van der Waals surface area contributed by atoms with Crippen LogP contribution < -0.4 is 15.2 Å². The number of aryl methyl sites for hydroxylation is 1. The zero-order chi connectivity index (χ0) is 29.7. The minimum absolute atomic E-state index is 0.0259. The molecule has 0 fully saturated rings. The Balaban J connectivity index is 1.77. The smallest absolute Gasteiger partial charge is 0.310 e. The third-order valence-corrected chi connectivity index (χ3v) is 6.56. The number of carbonyl (C=O) groups excluding carboxylic acids is 1. The fraction of sp³-hybridized carbons (Fsp3) is 0.344. The van der Waals surface area contributed by atoms with E-state index in [4.69, 9.17) is 25.0 Å². The van der Waals surface area contributed by atoms with E-state index in [0.717, 1.165) is 38.9 Å². The van der Waals surface area contributed by atoms with Gasteiger partial charge in [0.05, 0.1) is 30.2 Å². The highest BCUT2D eigenvalue weighted by molar-refractivity contribution is 6.02. The zero-order valence-corrected chi connectivity index (χ0v) is 24.5. The highest BCUT2D eigenvalue weighted by atomic mass is 16.5. The van der Waals surface area contributed by atoms with Crippen LogP contribution in [0.2, 0.25) is 0 Å². The van der Waals surface area contributed by atoms with Crippen molar-refractivity contribution in [2.24, 2.45) is 10.9 Å². The lowest BCUT2D eigenvalue weighted by molar-refractivity contribution is -0.142. The van der Waals surface area contributed by atoms with Crippen LogP contribution in [0, 0.1) is 6.92 Å². The van der Waals surface area contributed by atoms with E-state index in [1.165, 1.54) is 0 Å². The van der Waals surface area contributed by atoms with Crippen LogP contribution >= 0.6 is 0 Å². The van der Waals surface area contributed by atoms with Crippen molar-refractivity contribution in [3.63, 3.8) is 0 Å². The second-order valence-electron chi connectivity index (χ2n) is 10.4. The number of nitrogens with zero attached hydrogens (tertiary/aromatic N) is 3. The number of benzene rings is 3. The van der Waals surface area contributed by atoms with Crippen molar-refractivity contribution in [1.82, 2.24) is 9.78 Å². The van der Waals surface area contributed by atoms with Gasteiger partial charge in [-0.05, 0) is 71.4 Å². The number of rotatable bonds is 11. The lowest BCUT2D eigenvalue weighted by Crippen LogP contribution is -2.17. The fourth-order valence-electron chi connectivity index (χ4n) is 4.76. The number of ether oxygens (including phenoxy) is 3. The average Bonchev–Trinajstić information content (AvgIpc) is 3.30. The predicted octanol–water partition coefficient (Wildman–Crippen LogP) is 6.16. The summed E-state index contributed by atoms with van der Waals surface area (Å²) in [5, 5.41) is 18.4. The molecule has 3 N–H and O–H groups in total. The van der Waals surface area contributed by atoms with Gasteiger partial charge in [-0.1, -0.05) is 41.1 Å². The molecule has 4 aromatic rings. The minimum Gasteiger partial charge on any atom is -0.490 e. The lowest BCUT2D eigenvalue weighted by Gasteiger charge is -2.18. The van der Waals surface area contributed by atoms with E-state index >= 15 is 0 Å². The van der Waals surface area contributed by atoms with E-state index in [0.29, 0.717) is 23.7 Å². The molecule has 9 nitrogen and oxygen atoms in total. The highest BCUT2D eigenvalue weighted by Crippen LogP contribution is 2.37. The summed E-state index contributed by atoms with van der Waals surface area (Å²) in [6.45, 7) is 12.3. The lowest BCUT2D eigenvalue weighted by atomic mass is 9.99. The Bertz CT molecular complexity index is 1570. The molecule has 4 rings (SSSR count). The second-order valence-corrected chi connectivity index (χ2v) is 10.4. The Morgan fingerprint density at radius 3 is 2.56 bits per heavy atom. The first kappa shape index (κ1) is 29.5. The first-order chi connectivity index (χ1) is 19.6. The van der Waals surface area contributed by atoms with Crippen LogP contribution in [0.1, 0.15) is 63.0 Å². The van der Waals surface area contributed by atoms with Crippen LogP contribution in [0.15, 0.2) is 59.8 Å². The molecule has 3 aromatic carbocycles. The van der Waals surface area contributed by atoms with E-state index < -0.39 is 0 Å². The number of nitrogens with two attached hydrogens (primary N) is 1. The van der Waals surface area contributed by atoms with Gasteiger partial charge in [0.25, 0.3) is 0 Å². The molecule has 41 heavy (non-hydrogen) atoms. The van der Waals surface area contributed by atoms with Crippen molar-refractivity contribution in [2.75, 3.05) is 6.61 Å². The summed E-state index contributed by atoms with van der Waals surface area (Å²) in [7, 11) is 0. The highest BCUT2D eigenvalue weighted by Gasteiger charge is 2.20. The summed E-state index contributed by atoms with van der Waals surface area (Å²) in [5.74, 6) is 0.832. The average molecular weight is 559 g/mol. The number of esters is 1. The fourth-order valence-corrected chi connectivity index (χ4v) is 4.76. The van der Waals surface area contributed by atoms with Gasteiger partial charge in [0.1, 0.15) is 23.8 Å². The number of fused-ring (bicyclic) bond motifs is 1. The van der Waals surface area contributed by atoms with Crippen molar-refractivity contribution in [3.05, 3.63) is 77.0 Å². The molecule has 0 saturated carbocycles. The van der Waals surface area contributed by atoms with Crippen LogP contribution in [0.4, 0.5) is 0 Å². The van der Waals surface area contributed by atoms with Crippen molar-refractivity contribution >= 4 is 22.7 Å². The normalized spacial score (nSPS) is 11.9. The Morgan fingerprint density at radius 2 is 1.88 bits per heavy atom. The van der Waals surface area contributed by atoms with Gasteiger partial charge in [0.2, 0.25) is 0 Å². The Morgan fingerprint density at radius 1 is 1.10 bits per heavy atom. The van der Waals surface area contributed by atoms with Crippen LogP contribution in [0.5, 0.6) is 11.5 Å². The summed E-state index contributed by atoms with van der Waals surface area (Å²) in [6, 6.07) is 17.6. The number of aromatic nitrogens is 2. The maximum absolute atomic E-state index is 12.2. The number of hydrogen-bond donors (Lipinski definition) is 2. The molecule has 0 spiro atoms. The molecule has 0 aliphatic carbocycles. The second kappa shape index (κ2) is 12.8. The molecule has 1 heterocycles. The van der Waals surface area contributed by atoms with Gasteiger partial charge in [0.15, 0.2) is 5.84 Å². The molecule has 9 heteroatoms. The van der Waals surface area contributed by atoms with Gasteiger partial charge in [-0.25, -0.2) is 0 Å². The molecule has 0 aliphatic heterocycles. The van der Waals surface area contributed by atoms with Crippen LogP contribution in [0.25, 0.3) is 22.0 Å². The van der Waals surface area contributed by atoms with E-state index in [1.807, 2.05) is 67.9 Å². The molecule has 0 unspecified atom stereocenters. The topological polar surface area (TPSA) is 121 Å². The summed E-state index contributed by atoms with van der Waals surface area (Å²) in [4.78, 5) is 12.2.